The van der Waals surface area contributed by atoms with Gasteiger partial charge in [-0.25, -0.2) is 4.98 Å². The van der Waals surface area contributed by atoms with Gasteiger partial charge in [0, 0.05) is 25.0 Å². The van der Waals surface area contributed by atoms with Crippen LogP contribution in [0.1, 0.15) is 46.1 Å². The first-order valence-corrected chi connectivity index (χ1v) is 9.11. The lowest BCUT2D eigenvalue weighted by atomic mass is 10.2. The molecule has 5 nitrogen and oxygen atoms in total. The van der Waals surface area contributed by atoms with E-state index in [2.05, 4.69) is 9.97 Å². The Balaban J connectivity index is 2.40. The van der Waals surface area contributed by atoms with E-state index in [1.165, 1.54) is 11.9 Å². The third kappa shape index (κ3) is 6.00. The van der Waals surface area contributed by atoms with Crippen LogP contribution < -0.4 is 14.4 Å². The van der Waals surface area contributed by atoms with Crippen LogP contribution in [-0.4, -0.2) is 29.2 Å². The van der Waals surface area contributed by atoms with Crippen LogP contribution in [0, 0.1) is 0 Å². The first-order valence-electron chi connectivity index (χ1n) is 9.11. The van der Waals surface area contributed by atoms with E-state index >= 15 is 0 Å². The maximum atomic E-state index is 13.5. The number of ether oxygens (including phenoxy) is 2. The van der Waals surface area contributed by atoms with Gasteiger partial charge >= 0.3 is 12.2 Å². The Bertz CT molecular complexity index is 789. The number of halogens is 3. The van der Waals surface area contributed by atoms with Gasteiger partial charge in [-0.05, 0) is 39.3 Å². The Kier molecular flexibility index (Phi) is 6.74. The summed E-state index contributed by atoms with van der Waals surface area (Å²) >= 11 is 0. The molecule has 1 aromatic carbocycles. The lowest BCUT2D eigenvalue weighted by Gasteiger charge is -2.25. The van der Waals surface area contributed by atoms with E-state index in [4.69, 9.17) is 9.47 Å². The predicted molar refractivity (Wildman–Crippen MR) is 102 cm³/mol. The summed E-state index contributed by atoms with van der Waals surface area (Å²) in [5.41, 5.74) is -0.853. The number of hydrogen-bond donors (Lipinski definition) is 0. The highest BCUT2D eigenvalue weighted by atomic mass is 19.4. The van der Waals surface area contributed by atoms with Gasteiger partial charge in [-0.15, -0.1) is 0 Å². The van der Waals surface area contributed by atoms with Gasteiger partial charge in [0.05, 0.1) is 6.61 Å². The number of nitrogens with zero attached hydrogens (tertiary/aromatic N) is 3. The lowest BCUT2D eigenvalue weighted by Crippen LogP contribution is -2.23. The van der Waals surface area contributed by atoms with Crippen molar-refractivity contribution in [2.45, 2.75) is 52.3 Å². The van der Waals surface area contributed by atoms with Crippen LogP contribution in [0.15, 0.2) is 30.5 Å². The van der Waals surface area contributed by atoms with Crippen LogP contribution in [0.3, 0.4) is 0 Å². The number of unbranched alkanes of at least 4 members (excludes halogenated alkanes) is 1. The Hall–Kier alpha value is -2.51. The molecule has 154 valence electrons. The zero-order chi connectivity index (χ0) is 20.9. The van der Waals surface area contributed by atoms with Gasteiger partial charge in [-0.1, -0.05) is 19.4 Å². The van der Waals surface area contributed by atoms with Crippen molar-refractivity contribution < 1.29 is 22.6 Å². The maximum absolute atomic E-state index is 13.5. The van der Waals surface area contributed by atoms with Crippen LogP contribution in [0.2, 0.25) is 0 Å². The average molecular weight is 397 g/mol. The summed E-state index contributed by atoms with van der Waals surface area (Å²) in [6.07, 6.45) is -2.17. The fourth-order valence-electron chi connectivity index (χ4n) is 2.42. The minimum atomic E-state index is -4.59. The Morgan fingerprint density at radius 1 is 1.14 bits per heavy atom. The second-order valence-corrected chi connectivity index (χ2v) is 7.36. The van der Waals surface area contributed by atoms with Gasteiger partial charge < -0.3 is 14.4 Å². The quantitative estimate of drug-likeness (QED) is 0.568. The molecule has 0 saturated carbocycles. The smallest absolute Gasteiger partial charge is 0.421 e. The molecule has 0 bridgehead atoms. The highest BCUT2D eigenvalue weighted by Gasteiger charge is 2.36. The van der Waals surface area contributed by atoms with E-state index in [9.17, 15) is 13.2 Å². The predicted octanol–water partition coefficient (Wildman–Crippen LogP) is 5.62. The van der Waals surface area contributed by atoms with Crippen LogP contribution in [-0.2, 0) is 6.18 Å². The fourth-order valence-corrected chi connectivity index (χ4v) is 2.42. The molecule has 0 fully saturated rings. The molecule has 0 amide bonds. The second-order valence-electron chi connectivity index (χ2n) is 7.36. The molecule has 0 aliphatic rings. The zero-order valence-electron chi connectivity index (χ0n) is 16.8. The monoisotopic (exact) mass is 397 g/mol. The van der Waals surface area contributed by atoms with Gasteiger partial charge in [0.25, 0.3) is 0 Å². The molecule has 0 spiro atoms. The fraction of sp³-hybridized carbons (Fsp3) is 0.500. The van der Waals surface area contributed by atoms with Crippen molar-refractivity contribution in [2.24, 2.45) is 0 Å². The maximum Gasteiger partial charge on any atom is 0.421 e. The largest absolute Gasteiger partial charge is 0.488 e. The molecule has 0 aliphatic heterocycles. The number of aromatic nitrogens is 2. The summed E-state index contributed by atoms with van der Waals surface area (Å²) < 4.78 is 51.7. The summed E-state index contributed by atoms with van der Waals surface area (Å²) in [6, 6.07) is 6.76. The van der Waals surface area contributed by atoms with Crippen molar-refractivity contribution in [3.63, 3.8) is 0 Å². The SMILES string of the molecule is CCCCOc1ncc(C(F)(F)F)c(N(C)c2cccc(OC(C)(C)C)c2)n1. The van der Waals surface area contributed by atoms with Crippen molar-refractivity contribution in [1.82, 2.24) is 9.97 Å². The lowest BCUT2D eigenvalue weighted by molar-refractivity contribution is -0.137. The van der Waals surface area contributed by atoms with Crippen molar-refractivity contribution in [2.75, 3.05) is 18.6 Å². The molecular formula is C20H26F3N3O2. The van der Waals surface area contributed by atoms with E-state index in [1.54, 1.807) is 24.3 Å². The molecule has 0 unspecified atom stereocenters. The molecule has 1 aromatic heterocycles. The summed E-state index contributed by atoms with van der Waals surface area (Å²) in [4.78, 5) is 9.09. The molecule has 0 radical (unpaired) electrons. The molecule has 2 rings (SSSR count). The van der Waals surface area contributed by atoms with Gasteiger partial charge in [0.2, 0.25) is 0 Å². The summed E-state index contributed by atoms with van der Waals surface area (Å²) in [6.45, 7) is 8.03. The van der Waals surface area contributed by atoms with Crippen LogP contribution in [0.25, 0.3) is 0 Å². The Morgan fingerprint density at radius 2 is 1.86 bits per heavy atom. The van der Waals surface area contributed by atoms with Crippen molar-refractivity contribution in [3.05, 3.63) is 36.0 Å². The third-order valence-electron chi connectivity index (χ3n) is 3.73. The summed E-state index contributed by atoms with van der Waals surface area (Å²) in [7, 11) is 1.52. The van der Waals surface area contributed by atoms with E-state index in [1.807, 2.05) is 27.7 Å². The van der Waals surface area contributed by atoms with E-state index in [-0.39, 0.29) is 11.8 Å². The standard InChI is InChI=1S/C20H26F3N3O2/c1-6-7-11-27-18-24-13-16(20(21,22)23)17(25-18)26(5)14-9-8-10-15(12-14)28-19(2,3)4/h8-10,12-13H,6-7,11H2,1-5H3. The number of rotatable bonds is 7. The van der Waals surface area contributed by atoms with E-state index in [0.717, 1.165) is 19.0 Å². The molecule has 1 heterocycles. The molecular weight excluding hydrogens is 371 g/mol. The molecule has 0 N–H and O–H groups in total. The van der Waals surface area contributed by atoms with Crippen molar-refractivity contribution >= 4 is 11.5 Å². The van der Waals surface area contributed by atoms with Gasteiger partial charge in [-0.3, -0.25) is 0 Å². The normalized spacial score (nSPS) is 12.0. The summed E-state index contributed by atoms with van der Waals surface area (Å²) in [5.74, 6) is 0.279. The Labute approximate surface area is 163 Å². The number of hydrogen-bond acceptors (Lipinski definition) is 5. The third-order valence-corrected chi connectivity index (χ3v) is 3.73. The second kappa shape index (κ2) is 8.67. The average Bonchev–Trinajstić information content (AvgIpc) is 2.59. The van der Waals surface area contributed by atoms with E-state index < -0.39 is 17.3 Å². The van der Waals surface area contributed by atoms with Gasteiger partial charge in [0.15, 0.2) is 5.82 Å². The molecule has 2 aromatic rings. The minimum absolute atomic E-state index is 0.0783. The molecule has 0 atom stereocenters. The van der Waals surface area contributed by atoms with Gasteiger partial charge in [-0.2, -0.15) is 18.2 Å². The first kappa shape index (κ1) is 21.8. The van der Waals surface area contributed by atoms with Crippen LogP contribution in [0.4, 0.5) is 24.7 Å². The highest BCUT2D eigenvalue weighted by Crippen LogP contribution is 2.38. The highest BCUT2D eigenvalue weighted by molar-refractivity contribution is 5.64. The number of anilines is 2. The molecule has 0 aliphatic carbocycles. The molecule has 0 saturated heterocycles. The first-order chi connectivity index (χ1) is 13.0. The Morgan fingerprint density at radius 3 is 2.46 bits per heavy atom. The van der Waals surface area contributed by atoms with Crippen molar-refractivity contribution in [1.29, 1.82) is 0 Å². The summed E-state index contributed by atoms with van der Waals surface area (Å²) in [5, 5.41) is 0. The van der Waals surface area contributed by atoms with Gasteiger partial charge in [0.1, 0.15) is 16.9 Å². The topological polar surface area (TPSA) is 47.5 Å². The van der Waals surface area contributed by atoms with Crippen LogP contribution in [0.5, 0.6) is 11.8 Å². The van der Waals surface area contributed by atoms with Crippen molar-refractivity contribution in [3.8, 4) is 11.8 Å². The van der Waals surface area contributed by atoms with Crippen LogP contribution >= 0.6 is 0 Å². The molecule has 8 heteroatoms. The number of alkyl halides is 3. The minimum Gasteiger partial charge on any atom is -0.488 e. The molecule has 28 heavy (non-hydrogen) atoms. The van der Waals surface area contributed by atoms with E-state index in [0.29, 0.717) is 18.0 Å². The number of benzene rings is 1. The zero-order valence-corrected chi connectivity index (χ0v) is 16.8.